The number of aromatic nitrogens is 2. The average Bonchev–Trinajstić information content (AvgIpc) is 3.35. The third kappa shape index (κ3) is 3.40. The first-order valence-corrected chi connectivity index (χ1v) is 9.18. The number of halogens is 4. The molecule has 0 radical (unpaired) electrons. The lowest BCUT2D eigenvalue weighted by Crippen LogP contribution is -2.36. The van der Waals surface area contributed by atoms with Gasteiger partial charge in [-0.1, -0.05) is 24.4 Å². The fraction of sp³-hybridized carbons (Fsp3) is 0.529. The van der Waals surface area contributed by atoms with Crippen molar-refractivity contribution in [1.29, 1.82) is 0 Å². The van der Waals surface area contributed by atoms with Crippen LogP contribution in [0.25, 0.3) is 0 Å². The van der Waals surface area contributed by atoms with Crippen LogP contribution in [0.1, 0.15) is 60.4 Å². The number of nitrogens with one attached hydrogen (secondary N) is 2. The minimum absolute atomic E-state index is 0.00883. The predicted molar refractivity (Wildman–Crippen MR) is 91.7 cm³/mol. The van der Waals surface area contributed by atoms with Gasteiger partial charge in [-0.05, 0) is 25.0 Å². The summed E-state index contributed by atoms with van der Waals surface area (Å²) in [6.07, 6.45) is 0.263. The highest BCUT2D eigenvalue weighted by atomic mass is 35.5. The van der Waals surface area contributed by atoms with Gasteiger partial charge in [0, 0.05) is 12.5 Å². The van der Waals surface area contributed by atoms with E-state index in [2.05, 4.69) is 15.7 Å². The second-order valence-corrected chi connectivity index (χ2v) is 7.29. The van der Waals surface area contributed by atoms with E-state index in [1.54, 1.807) is 12.1 Å². The van der Waals surface area contributed by atoms with Gasteiger partial charge < -0.3 is 15.1 Å². The third-order valence-corrected chi connectivity index (χ3v) is 5.45. The first-order valence-electron chi connectivity index (χ1n) is 8.80. The zero-order valence-corrected chi connectivity index (χ0v) is 15.0. The number of hydrogen-bond donors (Lipinski definition) is 2. The molecule has 1 amide bonds. The van der Waals surface area contributed by atoms with Crippen LogP contribution < -0.4 is 10.6 Å². The molecule has 0 unspecified atom stereocenters. The van der Waals surface area contributed by atoms with Crippen molar-refractivity contribution >= 4 is 23.3 Å². The lowest BCUT2D eigenvalue weighted by Gasteiger charge is -2.32. The maximum absolute atomic E-state index is 13.6. The van der Waals surface area contributed by atoms with E-state index in [1.807, 2.05) is 0 Å². The number of rotatable bonds is 3. The van der Waals surface area contributed by atoms with Gasteiger partial charge in [0.25, 0.3) is 5.91 Å². The van der Waals surface area contributed by atoms with Crippen molar-refractivity contribution in [2.24, 2.45) is 0 Å². The van der Waals surface area contributed by atoms with Gasteiger partial charge in [0.05, 0.1) is 12.3 Å². The first kappa shape index (κ1) is 18.2. The molecule has 0 saturated heterocycles. The summed E-state index contributed by atoms with van der Waals surface area (Å²) in [4.78, 5) is 12.5. The van der Waals surface area contributed by atoms with Crippen LogP contribution in [0.4, 0.5) is 19.0 Å². The molecule has 1 aliphatic heterocycles. The third-order valence-electron chi connectivity index (χ3n) is 5.09. The van der Waals surface area contributed by atoms with Gasteiger partial charge in [-0.15, -0.1) is 0 Å². The standard InChI is InChI=1S/C17H18ClF3N4O2/c18-13-14(16(26)22-9-4-1-2-5-9)24-25-12(17(19,20)21)8-10(23-15(13)25)11-6-3-7-27-11/h3,6-7,9-10,12,23H,1-2,4-5,8H2,(H,22,26)/t10-,12-/m0/s1. The summed E-state index contributed by atoms with van der Waals surface area (Å²) < 4.78 is 46.9. The molecule has 2 aromatic rings. The molecule has 0 bridgehead atoms. The maximum Gasteiger partial charge on any atom is 0.410 e. The number of carbonyl (C=O) groups is 1. The minimum atomic E-state index is -4.55. The molecule has 0 aromatic carbocycles. The smallest absolute Gasteiger partial charge is 0.410 e. The van der Waals surface area contributed by atoms with Crippen molar-refractivity contribution in [2.45, 2.75) is 56.4 Å². The van der Waals surface area contributed by atoms with E-state index in [9.17, 15) is 18.0 Å². The van der Waals surface area contributed by atoms with Gasteiger partial charge in [0.15, 0.2) is 11.7 Å². The predicted octanol–water partition coefficient (Wildman–Crippen LogP) is 4.46. The number of furan rings is 1. The molecule has 1 fully saturated rings. The van der Waals surface area contributed by atoms with Gasteiger partial charge in [0.1, 0.15) is 16.6 Å². The second kappa shape index (κ2) is 6.78. The van der Waals surface area contributed by atoms with E-state index in [0.29, 0.717) is 5.76 Å². The van der Waals surface area contributed by atoms with Crippen LogP contribution in [0, 0.1) is 0 Å². The van der Waals surface area contributed by atoms with Crippen LogP contribution >= 0.6 is 11.6 Å². The lowest BCUT2D eigenvalue weighted by molar-refractivity contribution is -0.174. The van der Waals surface area contributed by atoms with E-state index in [-0.39, 0.29) is 29.0 Å². The molecule has 0 spiro atoms. The SMILES string of the molecule is O=C(NC1CCCC1)c1nn2c(c1Cl)N[C@H](c1ccco1)C[C@H]2C(F)(F)F. The fourth-order valence-corrected chi connectivity index (χ4v) is 4.00. The Hall–Kier alpha value is -2.16. The molecule has 4 rings (SSSR count). The number of nitrogens with zero attached hydrogens (tertiary/aromatic N) is 2. The average molecular weight is 403 g/mol. The normalized spacial score (nSPS) is 23.1. The summed E-state index contributed by atoms with van der Waals surface area (Å²) in [5, 5.41) is 9.54. The number of hydrogen-bond acceptors (Lipinski definition) is 4. The Bertz CT molecular complexity index is 828. The zero-order valence-electron chi connectivity index (χ0n) is 14.2. The van der Waals surface area contributed by atoms with E-state index in [1.165, 1.54) is 6.26 Å². The van der Waals surface area contributed by atoms with Gasteiger partial charge in [0.2, 0.25) is 0 Å². The van der Waals surface area contributed by atoms with Crippen LogP contribution in [0.3, 0.4) is 0 Å². The Balaban J connectivity index is 1.67. The molecule has 2 atom stereocenters. The van der Waals surface area contributed by atoms with Crippen LogP contribution in [-0.2, 0) is 0 Å². The highest BCUT2D eigenvalue weighted by molar-refractivity contribution is 6.36. The topological polar surface area (TPSA) is 72.1 Å². The molecule has 27 heavy (non-hydrogen) atoms. The van der Waals surface area contributed by atoms with Crippen LogP contribution in [-0.4, -0.2) is 27.9 Å². The Labute approximate surface area is 158 Å². The van der Waals surface area contributed by atoms with E-state index in [4.69, 9.17) is 16.0 Å². The summed E-state index contributed by atoms with van der Waals surface area (Å²) in [5.74, 6) is -0.209. The Kier molecular flexibility index (Phi) is 4.57. The molecule has 1 saturated carbocycles. The van der Waals surface area contributed by atoms with Crippen LogP contribution in [0.5, 0.6) is 0 Å². The molecular weight excluding hydrogens is 385 g/mol. The Morgan fingerprint density at radius 2 is 2.11 bits per heavy atom. The van der Waals surface area contributed by atoms with Crippen molar-refractivity contribution in [1.82, 2.24) is 15.1 Å². The van der Waals surface area contributed by atoms with Gasteiger partial charge in [-0.3, -0.25) is 4.79 Å². The first-order chi connectivity index (χ1) is 12.8. The number of amides is 1. The van der Waals surface area contributed by atoms with E-state index >= 15 is 0 Å². The summed E-state index contributed by atoms with van der Waals surface area (Å²) in [7, 11) is 0. The largest absolute Gasteiger partial charge is 0.467 e. The van der Waals surface area contributed by atoms with Gasteiger partial charge >= 0.3 is 6.18 Å². The van der Waals surface area contributed by atoms with E-state index in [0.717, 1.165) is 30.4 Å². The van der Waals surface area contributed by atoms with Crippen molar-refractivity contribution < 1.29 is 22.4 Å². The lowest BCUT2D eigenvalue weighted by atomic mass is 10.0. The molecule has 2 aliphatic rings. The monoisotopic (exact) mass is 402 g/mol. The van der Waals surface area contributed by atoms with Crippen molar-refractivity contribution in [3.63, 3.8) is 0 Å². The van der Waals surface area contributed by atoms with Crippen molar-refractivity contribution in [3.8, 4) is 0 Å². The molecule has 2 aromatic heterocycles. The van der Waals surface area contributed by atoms with Crippen LogP contribution in [0.15, 0.2) is 22.8 Å². The number of alkyl halides is 3. The molecule has 10 heteroatoms. The summed E-state index contributed by atoms with van der Waals surface area (Å²) in [6.45, 7) is 0. The Morgan fingerprint density at radius 1 is 1.37 bits per heavy atom. The number of anilines is 1. The minimum Gasteiger partial charge on any atom is -0.467 e. The van der Waals surface area contributed by atoms with Gasteiger partial charge in [-0.25, -0.2) is 4.68 Å². The number of carbonyl (C=O) groups excluding carboxylic acids is 1. The van der Waals surface area contributed by atoms with Crippen molar-refractivity contribution in [2.75, 3.05) is 5.32 Å². The molecule has 1 aliphatic carbocycles. The highest BCUT2D eigenvalue weighted by Crippen LogP contribution is 2.46. The zero-order chi connectivity index (χ0) is 19.2. The second-order valence-electron chi connectivity index (χ2n) is 6.92. The quantitative estimate of drug-likeness (QED) is 0.795. The van der Waals surface area contributed by atoms with Crippen molar-refractivity contribution in [3.05, 3.63) is 34.9 Å². The summed E-state index contributed by atoms with van der Waals surface area (Å²) in [5.41, 5.74) is -0.194. The maximum atomic E-state index is 13.6. The summed E-state index contributed by atoms with van der Waals surface area (Å²) in [6, 6.07) is 0.578. The molecule has 6 nitrogen and oxygen atoms in total. The highest BCUT2D eigenvalue weighted by Gasteiger charge is 2.48. The van der Waals surface area contributed by atoms with E-state index < -0.39 is 24.2 Å². The van der Waals surface area contributed by atoms with Crippen LogP contribution in [0.2, 0.25) is 5.02 Å². The van der Waals surface area contributed by atoms with Gasteiger partial charge in [-0.2, -0.15) is 18.3 Å². The number of fused-ring (bicyclic) bond motifs is 1. The Morgan fingerprint density at radius 3 is 2.74 bits per heavy atom. The molecule has 146 valence electrons. The molecular formula is C17H18ClF3N4O2. The molecule has 2 N–H and O–H groups in total. The summed E-state index contributed by atoms with van der Waals surface area (Å²) >= 11 is 6.26. The fourth-order valence-electron chi connectivity index (χ4n) is 3.73. The molecule has 3 heterocycles.